The van der Waals surface area contributed by atoms with Crippen LogP contribution in [0.5, 0.6) is 0 Å². The lowest BCUT2D eigenvalue weighted by atomic mass is 9.92. The zero-order valence-electron chi connectivity index (χ0n) is 14.2. The molecule has 0 amide bonds. The van der Waals surface area contributed by atoms with Gasteiger partial charge in [0.2, 0.25) is 0 Å². The Hall–Kier alpha value is -2.52. The number of thioether (sulfide) groups is 1. The molecular formula is C22H20N2S. The van der Waals surface area contributed by atoms with Gasteiger partial charge in [0, 0.05) is 17.0 Å². The van der Waals surface area contributed by atoms with Crippen LogP contribution in [0.15, 0.2) is 94.8 Å². The highest BCUT2D eigenvalue weighted by Crippen LogP contribution is 2.40. The summed E-state index contributed by atoms with van der Waals surface area (Å²) in [5.74, 6) is 1.12. The van der Waals surface area contributed by atoms with E-state index in [1.165, 1.54) is 16.1 Å². The molecule has 1 saturated heterocycles. The Morgan fingerprint density at radius 1 is 0.840 bits per heavy atom. The fraction of sp³-hybridized carbons (Fsp3) is 0.136. The molecule has 3 heteroatoms. The molecule has 0 spiro atoms. The number of benzene rings is 3. The second-order valence-electron chi connectivity index (χ2n) is 6.06. The maximum absolute atomic E-state index is 4.88. The van der Waals surface area contributed by atoms with Crippen molar-refractivity contribution in [1.29, 1.82) is 0 Å². The SMILES string of the molecule is CSc1ccc(N2/C(=N/c3ccccc3)CC2c2ccccc2)cc1. The predicted octanol–water partition coefficient (Wildman–Crippen LogP) is 6.09. The number of anilines is 1. The van der Waals surface area contributed by atoms with Gasteiger partial charge in [0.05, 0.1) is 11.7 Å². The van der Waals surface area contributed by atoms with Crippen LogP contribution < -0.4 is 4.90 Å². The molecule has 1 unspecified atom stereocenters. The molecule has 3 aromatic carbocycles. The fourth-order valence-corrected chi connectivity index (χ4v) is 3.60. The molecule has 1 heterocycles. The average Bonchev–Trinajstić information content (AvgIpc) is 2.67. The monoisotopic (exact) mass is 344 g/mol. The van der Waals surface area contributed by atoms with Crippen LogP contribution >= 0.6 is 11.8 Å². The summed E-state index contributed by atoms with van der Waals surface area (Å²) in [4.78, 5) is 8.51. The van der Waals surface area contributed by atoms with Crippen molar-refractivity contribution in [3.63, 3.8) is 0 Å². The Balaban J connectivity index is 1.69. The summed E-state index contributed by atoms with van der Waals surface area (Å²) >= 11 is 1.77. The highest BCUT2D eigenvalue weighted by Gasteiger charge is 2.36. The third-order valence-corrected chi connectivity index (χ3v) is 5.26. The Morgan fingerprint density at radius 2 is 1.48 bits per heavy atom. The summed E-state index contributed by atoms with van der Waals surface area (Å²) in [6.45, 7) is 0. The van der Waals surface area contributed by atoms with Gasteiger partial charge in [0.15, 0.2) is 0 Å². The topological polar surface area (TPSA) is 15.6 Å². The summed E-state index contributed by atoms with van der Waals surface area (Å²) in [6.07, 6.45) is 3.07. The molecule has 0 aromatic heterocycles. The highest BCUT2D eigenvalue weighted by molar-refractivity contribution is 7.98. The maximum Gasteiger partial charge on any atom is 0.112 e. The van der Waals surface area contributed by atoms with Crippen LogP contribution in [-0.4, -0.2) is 12.1 Å². The average molecular weight is 344 g/mol. The van der Waals surface area contributed by atoms with Crippen molar-refractivity contribution in [2.24, 2.45) is 4.99 Å². The van der Waals surface area contributed by atoms with Crippen molar-refractivity contribution in [3.05, 3.63) is 90.5 Å². The molecule has 124 valence electrons. The number of rotatable bonds is 4. The van der Waals surface area contributed by atoms with E-state index >= 15 is 0 Å². The molecule has 1 fully saturated rings. The predicted molar refractivity (Wildman–Crippen MR) is 108 cm³/mol. The molecule has 0 aliphatic carbocycles. The minimum absolute atomic E-state index is 0.351. The maximum atomic E-state index is 4.88. The van der Waals surface area contributed by atoms with E-state index in [1.54, 1.807) is 11.8 Å². The van der Waals surface area contributed by atoms with Crippen molar-refractivity contribution < 1.29 is 0 Å². The van der Waals surface area contributed by atoms with E-state index in [1.807, 2.05) is 18.2 Å². The van der Waals surface area contributed by atoms with Gasteiger partial charge >= 0.3 is 0 Å². The number of hydrogen-bond donors (Lipinski definition) is 0. The van der Waals surface area contributed by atoms with Gasteiger partial charge in [0.25, 0.3) is 0 Å². The van der Waals surface area contributed by atoms with Crippen molar-refractivity contribution >= 4 is 29.0 Å². The van der Waals surface area contributed by atoms with Gasteiger partial charge in [-0.2, -0.15) is 0 Å². The van der Waals surface area contributed by atoms with Crippen molar-refractivity contribution in [3.8, 4) is 0 Å². The van der Waals surface area contributed by atoms with Crippen LogP contribution in [0.4, 0.5) is 11.4 Å². The zero-order chi connectivity index (χ0) is 17.1. The third kappa shape index (κ3) is 3.33. The Morgan fingerprint density at radius 3 is 2.12 bits per heavy atom. The van der Waals surface area contributed by atoms with E-state index in [4.69, 9.17) is 4.99 Å². The molecular weight excluding hydrogens is 324 g/mol. The lowest BCUT2D eigenvalue weighted by Crippen LogP contribution is -2.46. The van der Waals surface area contributed by atoms with Crippen LogP contribution in [0.1, 0.15) is 18.0 Å². The fourth-order valence-electron chi connectivity index (χ4n) is 3.19. The first-order valence-corrected chi connectivity index (χ1v) is 9.68. The number of nitrogens with zero attached hydrogens (tertiary/aromatic N) is 2. The molecule has 4 rings (SSSR count). The van der Waals surface area contributed by atoms with Crippen LogP contribution in [-0.2, 0) is 0 Å². The minimum atomic E-state index is 0.351. The second kappa shape index (κ2) is 7.16. The van der Waals surface area contributed by atoms with E-state index in [2.05, 4.69) is 77.9 Å². The molecule has 1 atom stereocenters. The van der Waals surface area contributed by atoms with Gasteiger partial charge in [-0.15, -0.1) is 11.8 Å². The molecule has 25 heavy (non-hydrogen) atoms. The van der Waals surface area contributed by atoms with Gasteiger partial charge < -0.3 is 4.90 Å². The molecule has 0 bridgehead atoms. The molecule has 0 N–H and O–H groups in total. The summed E-state index contributed by atoms with van der Waals surface area (Å²) in [5, 5.41) is 0. The minimum Gasteiger partial charge on any atom is -0.322 e. The second-order valence-corrected chi connectivity index (χ2v) is 6.94. The van der Waals surface area contributed by atoms with Crippen LogP contribution in [0, 0.1) is 0 Å². The smallest absolute Gasteiger partial charge is 0.112 e. The summed E-state index contributed by atoms with van der Waals surface area (Å²) < 4.78 is 0. The first-order valence-electron chi connectivity index (χ1n) is 8.46. The van der Waals surface area contributed by atoms with Crippen molar-refractivity contribution in [2.75, 3.05) is 11.2 Å². The Labute approximate surface area is 153 Å². The zero-order valence-corrected chi connectivity index (χ0v) is 15.0. The van der Waals surface area contributed by atoms with Crippen LogP contribution in [0.2, 0.25) is 0 Å². The van der Waals surface area contributed by atoms with Gasteiger partial charge in [0.1, 0.15) is 5.84 Å². The summed E-state index contributed by atoms with van der Waals surface area (Å²) in [7, 11) is 0. The standard InChI is InChI=1S/C22H20N2S/c1-25-20-14-12-19(13-15-20)24-21(17-8-4-2-5-9-17)16-22(24)23-18-10-6-3-7-11-18/h2-15,21H,16H2,1H3/b23-22+. The van der Waals surface area contributed by atoms with E-state index in [-0.39, 0.29) is 0 Å². The van der Waals surface area contributed by atoms with E-state index in [9.17, 15) is 0 Å². The molecule has 0 saturated carbocycles. The van der Waals surface area contributed by atoms with Crippen LogP contribution in [0.3, 0.4) is 0 Å². The van der Waals surface area contributed by atoms with Gasteiger partial charge in [-0.1, -0.05) is 48.5 Å². The Kier molecular flexibility index (Phi) is 4.57. The Bertz CT molecular complexity index is 858. The van der Waals surface area contributed by atoms with E-state index in [0.717, 1.165) is 17.9 Å². The van der Waals surface area contributed by atoms with Crippen molar-refractivity contribution in [2.45, 2.75) is 17.4 Å². The van der Waals surface area contributed by atoms with E-state index < -0.39 is 0 Å². The first kappa shape index (κ1) is 16.0. The van der Waals surface area contributed by atoms with Gasteiger partial charge in [-0.25, -0.2) is 4.99 Å². The first-order chi connectivity index (χ1) is 12.3. The van der Waals surface area contributed by atoms with Crippen LogP contribution in [0.25, 0.3) is 0 Å². The summed E-state index contributed by atoms with van der Waals surface area (Å²) in [6, 6.07) is 30.0. The largest absolute Gasteiger partial charge is 0.322 e. The summed E-state index contributed by atoms with van der Waals surface area (Å²) in [5.41, 5.74) is 3.55. The molecule has 1 aliphatic heterocycles. The normalized spacial score (nSPS) is 18.2. The number of aliphatic imine (C=N–C) groups is 1. The third-order valence-electron chi connectivity index (χ3n) is 4.51. The molecule has 3 aromatic rings. The van der Waals surface area contributed by atoms with E-state index in [0.29, 0.717) is 6.04 Å². The number of hydrogen-bond acceptors (Lipinski definition) is 2. The van der Waals surface area contributed by atoms with Gasteiger partial charge in [-0.05, 0) is 48.2 Å². The quantitative estimate of drug-likeness (QED) is 0.532. The number of amidine groups is 1. The molecule has 2 nitrogen and oxygen atoms in total. The lowest BCUT2D eigenvalue weighted by molar-refractivity contribution is 0.652. The van der Waals surface area contributed by atoms with Gasteiger partial charge in [-0.3, -0.25) is 0 Å². The number of para-hydroxylation sites is 1. The molecule has 1 aliphatic rings. The highest BCUT2D eigenvalue weighted by atomic mass is 32.2. The molecule has 0 radical (unpaired) electrons. The van der Waals surface area contributed by atoms with Crippen molar-refractivity contribution in [1.82, 2.24) is 0 Å². The lowest BCUT2D eigenvalue weighted by Gasteiger charge is -2.44.